The topological polar surface area (TPSA) is 107 Å². The first-order valence-electron chi connectivity index (χ1n) is 6.57. The van der Waals surface area contributed by atoms with Crippen molar-refractivity contribution in [1.29, 1.82) is 0 Å². The lowest BCUT2D eigenvalue weighted by Gasteiger charge is -2.30. The minimum Gasteiger partial charge on any atom is -0.479 e. The summed E-state index contributed by atoms with van der Waals surface area (Å²) in [7, 11) is 1.46. The van der Waals surface area contributed by atoms with Crippen molar-refractivity contribution >= 4 is 23.8 Å². The normalized spacial score (nSPS) is 16.4. The summed E-state index contributed by atoms with van der Waals surface area (Å²) >= 11 is 0. The van der Waals surface area contributed by atoms with Crippen LogP contribution < -0.4 is 5.32 Å². The summed E-state index contributed by atoms with van der Waals surface area (Å²) in [5.74, 6) is -3.02. The summed E-state index contributed by atoms with van der Waals surface area (Å²) in [6, 6.07) is 5.90. The zero-order chi connectivity index (χ0) is 16.3. The average molecular weight is 305 g/mol. The van der Waals surface area contributed by atoms with E-state index in [1.54, 1.807) is 30.3 Å². The summed E-state index contributed by atoms with van der Waals surface area (Å²) in [5.41, 5.74) is 0.372. The molecule has 1 saturated heterocycles. The van der Waals surface area contributed by atoms with Crippen molar-refractivity contribution < 1.29 is 24.3 Å². The molecular weight excluding hydrogens is 290 g/mol. The van der Waals surface area contributed by atoms with Gasteiger partial charge in [0.2, 0.25) is 0 Å². The van der Waals surface area contributed by atoms with Gasteiger partial charge in [-0.2, -0.15) is 0 Å². The number of piperazine rings is 1. The van der Waals surface area contributed by atoms with Gasteiger partial charge in [-0.25, -0.2) is 9.59 Å². The molecule has 1 heterocycles. The van der Waals surface area contributed by atoms with Crippen LogP contribution in [0.2, 0.25) is 0 Å². The molecule has 1 aliphatic heterocycles. The maximum atomic E-state index is 12.1. The fraction of sp³-hybridized carbons (Fsp3) is 0.286. The van der Waals surface area contributed by atoms with Crippen LogP contribution in [-0.4, -0.2) is 58.9 Å². The van der Waals surface area contributed by atoms with E-state index in [1.807, 2.05) is 0 Å². The highest BCUT2D eigenvalue weighted by molar-refractivity contribution is 6.38. The molecule has 4 amide bonds. The summed E-state index contributed by atoms with van der Waals surface area (Å²) in [6.07, 6.45) is 0. The molecule has 0 aromatic heterocycles. The number of carboxylic acids is 1. The van der Waals surface area contributed by atoms with E-state index in [1.165, 1.54) is 11.9 Å². The third-order valence-electron chi connectivity index (χ3n) is 3.33. The Balaban J connectivity index is 2.14. The van der Waals surface area contributed by atoms with E-state index >= 15 is 0 Å². The van der Waals surface area contributed by atoms with Crippen molar-refractivity contribution in [2.24, 2.45) is 0 Å². The van der Waals surface area contributed by atoms with Crippen LogP contribution in [0.15, 0.2) is 30.3 Å². The Morgan fingerprint density at radius 2 is 1.77 bits per heavy atom. The number of aliphatic carboxylic acids is 1. The van der Waals surface area contributed by atoms with Gasteiger partial charge in [-0.1, -0.05) is 30.3 Å². The quantitative estimate of drug-likeness (QED) is 0.754. The molecule has 2 rings (SSSR count). The second-order valence-corrected chi connectivity index (χ2v) is 4.81. The predicted octanol–water partition coefficient (Wildman–Crippen LogP) is -0.177. The van der Waals surface area contributed by atoms with Crippen LogP contribution in [-0.2, 0) is 14.4 Å². The Hall–Kier alpha value is -2.90. The first-order chi connectivity index (χ1) is 10.4. The van der Waals surface area contributed by atoms with Gasteiger partial charge in [0, 0.05) is 20.1 Å². The first-order valence-corrected chi connectivity index (χ1v) is 6.57. The molecule has 0 saturated carbocycles. The third-order valence-corrected chi connectivity index (χ3v) is 3.33. The van der Waals surface area contributed by atoms with Crippen LogP contribution in [0.3, 0.4) is 0 Å². The molecule has 0 aliphatic carbocycles. The molecule has 0 radical (unpaired) electrons. The van der Waals surface area contributed by atoms with Gasteiger partial charge in [-0.05, 0) is 5.56 Å². The van der Waals surface area contributed by atoms with Gasteiger partial charge in [0.05, 0.1) is 0 Å². The second kappa shape index (κ2) is 6.25. The largest absolute Gasteiger partial charge is 0.479 e. The number of benzene rings is 1. The van der Waals surface area contributed by atoms with Crippen molar-refractivity contribution in [3.8, 4) is 0 Å². The number of nitrogens with zero attached hydrogens (tertiary/aromatic N) is 2. The van der Waals surface area contributed by atoms with E-state index in [4.69, 9.17) is 0 Å². The number of urea groups is 1. The molecule has 0 bridgehead atoms. The molecule has 116 valence electrons. The standard InChI is InChI=1S/C14H15N3O5/c1-16-7-8-17(12(19)11(16)18)14(22)15-10(13(20)21)9-5-3-2-4-6-9/h2-6,10H,7-8H2,1H3,(H,15,22)(H,20,21). The fourth-order valence-corrected chi connectivity index (χ4v) is 2.06. The number of likely N-dealkylation sites (N-methyl/N-ethyl adjacent to an activating group) is 1. The summed E-state index contributed by atoms with van der Waals surface area (Å²) in [4.78, 5) is 48.7. The lowest BCUT2D eigenvalue weighted by atomic mass is 10.1. The monoisotopic (exact) mass is 305 g/mol. The molecule has 0 spiro atoms. The number of hydrogen-bond acceptors (Lipinski definition) is 4. The maximum absolute atomic E-state index is 12.1. The van der Waals surface area contributed by atoms with Crippen molar-refractivity contribution in [1.82, 2.24) is 15.1 Å². The van der Waals surface area contributed by atoms with Gasteiger partial charge >= 0.3 is 23.8 Å². The number of carbonyl (C=O) groups excluding carboxylic acids is 3. The van der Waals surface area contributed by atoms with E-state index < -0.39 is 29.9 Å². The number of carbonyl (C=O) groups is 4. The van der Waals surface area contributed by atoms with Gasteiger partial charge in [0.1, 0.15) is 0 Å². The first kappa shape index (κ1) is 15.5. The van der Waals surface area contributed by atoms with Gasteiger partial charge < -0.3 is 15.3 Å². The van der Waals surface area contributed by atoms with Crippen LogP contribution in [0.4, 0.5) is 4.79 Å². The number of carboxylic acid groups (broad SMARTS) is 1. The highest BCUT2D eigenvalue weighted by Gasteiger charge is 2.36. The lowest BCUT2D eigenvalue weighted by molar-refractivity contribution is -0.152. The maximum Gasteiger partial charge on any atom is 0.330 e. The Labute approximate surface area is 126 Å². The Kier molecular flexibility index (Phi) is 4.40. The number of hydrogen-bond donors (Lipinski definition) is 2. The minimum absolute atomic E-state index is 0.0219. The second-order valence-electron chi connectivity index (χ2n) is 4.81. The Morgan fingerprint density at radius 3 is 2.36 bits per heavy atom. The number of amides is 4. The molecule has 1 aromatic rings. The number of rotatable bonds is 3. The predicted molar refractivity (Wildman–Crippen MR) is 74.7 cm³/mol. The van der Waals surface area contributed by atoms with Crippen molar-refractivity contribution in [2.45, 2.75) is 6.04 Å². The van der Waals surface area contributed by atoms with Gasteiger partial charge in [0.15, 0.2) is 6.04 Å². The SMILES string of the molecule is CN1CCN(C(=O)NC(C(=O)O)c2ccccc2)C(=O)C1=O. The smallest absolute Gasteiger partial charge is 0.330 e. The van der Waals surface area contributed by atoms with Crippen molar-refractivity contribution in [3.63, 3.8) is 0 Å². The van der Waals surface area contributed by atoms with Gasteiger partial charge in [0.25, 0.3) is 0 Å². The molecule has 1 aromatic carbocycles. The molecular formula is C14H15N3O5. The molecule has 1 fully saturated rings. The highest BCUT2D eigenvalue weighted by atomic mass is 16.4. The Bertz CT molecular complexity index is 616. The minimum atomic E-state index is -1.30. The Morgan fingerprint density at radius 1 is 1.14 bits per heavy atom. The van der Waals surface area contributed by atoms with Crippen molar-refractivity contribution in [3.05, 3.63) is 35.9 Å². The van der Waals surface area contributed by atoms with Gasteiger partial charge in [-0.15, -0.1) is 0 Å². The van der Waals surface area contributed by atoms with Crippen LogP contribution in [0, 0.1) is 0 Å². The summed E-state index contributed by atoms with van der Waals surface area (Å²) < 4.78 is 0. The summed E-state index contributed by atoms with van der Waals surface area (Å²) in [5, 5.41) is 11.5. The van der Waals surface area contributed by atoms with E-state index in [0.29, 0.717) is 5.56 Å². The van der Waals surface area contributed by atoms with E-state index in [9.17, 15) is 24.3 Å². The van der Waals surface area contributed by atoms with Crippen LogP contribution in [0.25, 0.3) is 0 Å². The van der Waals surface area contributed by atoms with Crippen LogP contribution >= 0.6 is 0 Å². The number of imide groups is 1. The average Bonchev–Trinajstić information content (AvgIpc) is 2.50. The molecule has 8 nitrogen and oxygen atoms in total. The van der Waals surface area contributed by atoms with E-state index in [2.05, 4.69) is 5.32 Å². The zero-order valence-electron chi connectivity index (χ0n) is 11.9. The van der Waals surface area contributed by atoms with Gasteiger partial charge in [-0.3, -0.25) is 14.5 Å². The lowest BCUT2D eigenvalue weighted by Crippen LogP contribution is -2.57. The molecule has 2 N–H and O–H groups in total. The fourth-order valence-electron chi connectivity index (χ4n) is 2.06. The van der Waals surface area contributed by atoms with E-state index in [-0.39, 0.29) is 13.1 Å². The molecule has 1 unspecified atom stereocenters. The van der Waals surface area contributed by atoms with Crippen LogP contribution in [0.5, 0.6) is 0 Å². The molecule has 1 aliphatic rings. The molecule has 1 atom stereocenters. The van der Waals surface area contributed by atoms with Crippen molar-refractivity contribution in [2.75, 3.05) is 20.1 Å². The molecule has 22 heavy (non-hydrogen) atoms. The summed E-state index contributed by atoms with van der Waals surface area (Å²) in [6.45, 7) is 0.231. The zero-order valence-corrected chi connectivity index (χ0v) is 11.9. The molecule has 8 heteroatoms. The third kappa shape index (κ3) is 3.05. The van der Waals surface area contributed by atoms with Crippen LogP contribution in [0.1, 0.15) is 11.6 Å². The highest BCUT2D eigenvalue weighted by Crippen LogP contribution is 2.14. The van der Waals surface area contributed by atoms with E-state index in [0.717, 1.165) is 4.90 Å². The number of nitrogens with one attached hydrogen (secondary N) is 1.